The van der Waals surface area contributed by atoms with Crippen LogP contribution in [0.4, 0.5) is 0 Å². The number of halogens is 2. The van der Waals surface area contributed by atoms with Crippen LogP contribution in [0.2, 0.25) is 10.0 Å². The summed E-state index contributed by atoms with van der Waals surface area (Å²) in [5, 5.41) is 16.8. The quantitative estimate of drug-likeness (QED) is 0.441. The van der Waals surface area contributed by atoms with Crippen LogP contribution in [0.5, 0.6) is 5.75 Å². The summed E-state index contributed by atoms with van der Waals surface area (Å²) >= 11 is 12.1. The number of ether oxygens (including phenoxy) is 2. The Hall–Kier alpha value is -2.06. The van der Waals surface area contributed by atoms with Crippen molar-refractivity contribution in [1.29, 1.82) is 0 Å². The predicted octanol–water partition coefficient (Wildman–Crippen LogP) is 3.75. The molecule has 0 aromatic heterocycles. The van der Waals surface area contributed by atoms with Gasteiger partial charge in [-0.25, -0.2) is 9.59 Å². The number of rotatable bonds is 9. The number of likely N-dealkylation sites (tertiary alicyclic amines) is 1. The van der Waals surface area contributed by atoms with Crippen LogP contribution < -0.4 is 4.74 Å². The molecule has 0 radical (unpaired) electrons. The van der Waals surface area contributed by atoms with Crippen LogP contribution in [0.1, 0.15) is 12.8 Å². The van der Waals surface area contributed by atoms with E-state index in [0.29, 0.717) is 40.6 Å². The predicted molar refractivity (Wildman–Crippen MR) is 112 cm³/mol. The van der Waals surface area contributed by atoms with Gasteiger partial charge in [0, 0.05) is 41.9 Å². The van der Waals surface area contributed by atoms with Crippen LogP contribution in [0.25, 0.3) is 0 Å². The minimum atomic E-state index is -1.26. The van der Waals surface area contributed by atoms with Gasteiger partial charge in [-0.15, -0.1) is 6.58 Å². The van der Waals surface area contributed by atoms with Gasteiger partial charge in [-0.3, -0.25) is 4.90 Å². The van der Waals surface area contributed by atoms with Crippen molar-refractivity contribution in [2.24, 2.45) is 0 Å². The number of benzene rings is 1. The summed E-state index contributed by atoms with van der Waals surface area (Å²) in [4.78, 5) is 21.5. The number of nitrogens with zero attached hydrogens (tertiary/aromatic N) is 1. The molecule has 2 rings (SSSR count). The van der Waals surface area contributed by atoms with E-state index in [0.717, 1.165) is 19.5 Å². The largest absolute Gasteiger partial charge is 0.486 e. The second kappa shape index (κ2) is 13.2. The zero-order chi connectivity index (χ0) is 21.8. The smallest absolute Gasteiger partial charge is 0.328 e. The molecular formula is C20H25Cl2NO6. The summed E-state index contributed by atoms with van der Waals surface area (Å²) in [6.45, 7) is 6.28. The summed E-state index contributed by atoms with van der Waals surface area (Å²) in [5.74, 6) is -1.83. The van der Waals surface area contributed by atoms with Crippen molar-refractivity contribution >= 4 is 35.1 Å². The monoisotopic (exact) mass is 445 g/mol. The van der Waals surface area contributed by atoms with Crippen molar-refractivity contribution in [3.63, 3.8) is 0 Å². The molecule has 1 saturated heterocycles. The van der Waals surface area contributed by atoms with E-state index in [9.17, 15) is 9.59 Å². The van der Waals surface area contributed by atoms with E-state index in [1.54, 1.807) is 25.3 Å². The zero-order valence-corrected chi connectivity index (χ0v) is 17.6. The highest BCUT2D eigenvalue weighted by atomic mass is 35.5. The maximum absolute atomic E-state index is 9.55. The minimum Gasteiger partial charge on any atom is -0.486 e. The molecule has 160 valence electrons. The maximum atomic E-state index is 9.55. The SMILES string of the molecule is C=CCN1CCCC1C(COC)Oc1cc(Cl)cc(Cl)c1.O=C(O)C=CC(=O)O. The molecule has 0 amide bonds. The van der Waals surface area contributed by atoms with Crippen LogP contribution in [-0.4, -0.2) is 66.0 Å². The fraction of sp³-hybridized carbons (Fsp3) is 0.400. The lowest BCUT2D eigenvalue weighted by Crippen LogP contribution is -2.44. The Labute approximate surface area is 180 Å². The topological polar surface area (TPSA) is 96.3 Å². The second-order valence-corrected chi connectivity index (χ2v) is 7.09. The number of methoxy groups -OCH3 is 1. The maximum Gasteiger partial charge on any atom is 0.328 e. The van der Waals surface area contributed by atoms with E-state index in [4.69, 9.17) is 42.9 Å². The lowest BCUT2D eigenvalue weighted by molar-refractivity contribution is -0.134. The third kappa shape index (κ3) is 9.80. The van der Waals surface area contributed by atoms with Crippen LogP contribution in [0.15, 0.2) is 43.0 Å². The Morgan fingerprint density at radius 1 is 1.24 bits per heavy atom. The van der Waals surface area contributed by atoms with Gasteiger partial charge in [-0.2, -0.15) is 0 Å². The molecule has 0 saturated carbocycles. The van der Waals surface area contributed by atoms with Gasteiger partial charge >= 0.3 is 11.9 Å². The molecule has 1 aromatic rings. The highest BCUT2D eigenvalue weighted by Crippen LogP contribution is 2.28. The van der Waals surface area contributed by atoms with E-state index in [2.05, 4.69) is 11.5 Å². The summed E-state index contributed by atoms with van der Waals surface area (Å²) < 4.78 is 11.4. The first-order valence-corrected chi connectivity index (χ1v) is 9.63. The second-order valence-electron chi connectivity index (χ2n) is 6.22. The molecule has 1 heterocycles. The molecule has 1 aromatic carbocycles. The Kier molecular flexibility index (Phi) is 11.4. The van der Waals surface area contributed by atoms with Gasteiger partial charge in [0.1, 0.15) is 11.9 Å². The number of carboxylic acid groups (broad SMARTS) is 2. The molecule has 2 unspecified atom stereocenters. The van der Waals surface area contributed by atoms with E-state index in [-0.39, 0.29) is 6.10 Å². The van der Waals surface area contributed by atoms with Crippen LogP contribution in [-0.2, 0) is 14.3 Å². The van der Waals surface area contributed by atoms with Gasteiger partial charge in [0.2, 0.25) is 0 Å². The number of carbonyl (C=O) groups is 2. The Morgan fingerprint density at radius 2 is 1.83 bits per heavy atom. The minimum absolute atomic E-state index is 0.0491. The first-order chi connectivity index (χ1) is 13.8. The van der Waals surface area contributed by atoms with E-state index < -0.39 is 11.9 Å². The summed E-state index contributed by atoms with van der Waals surface area (Å²) in [7, 11) is 1.69. The summed E-state index contributed by atoms with van der Waals surface area (Å²) in [5.41, 5.74) is 0. The first kappa shape index (κ1) is 25.0. The van der Waals surface area contributed by atoms with Crippen molar-refractivity contribution in [2.75, 3.05) is 26.8 Å². The average Bonchev–Trinajstić information content (AvgIpc) is 3.08. The fourth-order valence-corrected chi connectivity index (χ4v) is 3.47. The van der Waals surface area contributed by atoms with Crippen molar-refractivity contribution < 1.29 is 29.3 Å². The lowest BCUT2D eigenvalue weighted by Gasteiger charge is -2.31. The molecular weight excluding hydrogens is 421 g/mol. The molecule has 0 bridgehead atoms. The van der Waals surface area contributed by atoms with E-state index in [1.807, 2.05) is 6.08 Å². The third-order valence-electron chi connectivity index (χ3n) is 4.03. The Morgan fingerprint density at radius 3 is 2.31 bits per heavy atom. The number of aliphatic carboxylic acids is 2. The van der Waals surface area contributed by atoms with Gasteiger partial charge in [-0.1, -0.05) is 29.3 Å². The molecule has 2 N–H and O–H groups in total. The molecule has 1 aliphatic heterocycles. The zero-order valence-electron chi connectivity index (χ0n) is 16.1. The van der Waals surface area contributed by atoms with E-state index in [1.165, 1.54) is 6.42 Å². The van der Waals surface area contributed by atoms with Gasteiger partial charge < -0.3 is 19.7 Å². The Balaban J connectivity index is 0.000000447. The molecule has 1 aliphatic rings. The summed E-state index contributed by atoms with van der Waals surface area (Å²) in [6.07, 6.45) is 5.25. The van der Waals surface area contributed by atoms with Crippen molar-refractivity contribution in [1.82, 2.24) is 4.90 Å². The highest BCUT2D eigenvalue weighted by molar-refractivity contribution is 6.34. The first-order valence-electron chi connectivity index (χ1n) is 8.87. The van der Waals surface area contributed by atoms with Gasteiger partial charge in [0.25, 0.3) is 0 Å². The van der Waals surface area contributed by atoms with Crippen LogP contribution in [0, 0.1) is 0 Å². The molecule has 2 atom stereocenters. The summed E-state index contributed by atoms with van der Waals surface area (Å²) in [6, 6.07) is 5.58. The highest BCUT2D eigenvalue weighted by Gasteiger charge is 2.32. The van der Waals surface area contributed by atoms with Crippen molar-refractivity contribution in [3.8, 4) is 5.75 Å². The molecule has 0 spiro atoms. The lowest BCUT2D eigenvalue weighted by atomic mass is 10.1. The molecule has 29 heavy (non-hydrogen) atoms. The fourth-order valence-electron chi connectivity index (χ4n) is 2.97. The molecule has 9 heteroatoms. The normalized spacial score (nSPS) is 17.4. The van der Waals surface area contributed by atoms with Crippen molar-refractivity contribution in [2.45, 2.75) is 25.0 Å². The van der Waals surface area contributed by atoms with E-state index >= 15 is 0 Å². The van der Waals surface area contributed by atoms with Gasteiger partial charge in [-0.05, 0) is 37.6 Å². The molecule has 0 aliphatic carbocycles. The molecule has 1 fully saturated rings. The average molecular weight is 446 g/mol. The number of hydrogen-bond donors (Lipinski definition) is 2. The molecule has 7 nitrogen and oxygen atoms in total. The van der Waals surface area contributed by atoms with Gasteiger partial charge in [0.05, 0.1) is 6.61 Å². The standard InChI is InChI=1S/C16H21Cl2NO2.C4H4O4/c1-3-6-19-7-4-5-15(19)16(11-20-2)21-14-9-12(17)8-13(18)10-14;5-3(6)1-2-4(7)8/h3,8-10,15-16H,1,4-7,11H2,2H3;1-2H,(H,5,6)(H,7,8). The van der Waals surface area contributed by atoms with Crippen molar-refractivity contribution in [3.05, 3.63) is 53.1 Å². The van der Waals surface area contributed by atoms with Crippen LogP contribution >= 0.6 is 23.2 Å². The number of carboxylic acids is 2. The number of hydrogen-bond acceptors (Lipinski definition) is 5. The van der Waals surface area contributed by atoms with Crippen LogP contribution in [0.3, 0.4) is 0 Å². The third-order valence-corrected chi connectivity index (χ3v) is 4.47. The Bertz CT molecular complexity index is 689. The van der Waals surface area contributed by atoms with Gasteiger partial charge in [0.15, 0.2) is 0 Å².